The van der Waals surface area contributed by atoms with Crippen LogP contribution in [0.15, 0.2) is 0 Å². The third kappa shape index (κ3) is 2.38. The smallest absolute Gasteiger partial charge is 0.274 e. The summed E-state index contributed by atoms with van der Waals surface area (Å²) >= 11 is 6.66. The normalized spacial score (nSPS) is 18.6. The molecule has 12 heavy (non-hydrogen) atoms. The zero-order valence-electron chi connectivity index (χ0n) is 6.59. The third-order valence-electron chi connectivity index (χ3n) is 1.58. The van der Waals surface area contributed by atoms with Crippen LogP contribution in [-0.2, 0) is 4.79 Å². The number of carbonyl (C=O) groups excluding carboxylic acids is 2. The van der Waals surface area contributed by atoms with E-state index in [4.69, 9.17) is 11.6 Å². The van der Waals surface area contributed by atoms with Gasteiger partial charge in [0.2, 0.25) is 5.91 Å². The number of rotatable bonds is 3. The van der Waals surface area contributed by atoms with E-state index in [1.807, 2.05) is 0 Å². The highest BCUT2D eigenvalue weighted by atomic mass is 35.5. The van der Waals surface area contributed by atoms with Crippen molar-refractivity contribution >= 4 is 34.5 Å². The van der Waals surface area contributed by atoms with Crippen molar-refractivity contribution in [3.8, 4) is 0 Å². The van der Waals surface area contributed by atoms with E-state index >= 15 is 0 Å². The highest BCUT2D eigenvalue weighted by Gasteiger charge is 2.25. The first-order valence-corrected chi connectivity index (χ1v) is 5.31. The summed E-state index contributed by atoms with van der Waals surface area (Å²) in [6.45, 7) is 0.466. The molecular weight excluding hydrogens is 198 g/mol. The predicted molar refractivity (Wildman–Crippen MR) is 49.5 cm³/mol. The summed E-state index contributed by atoms with van der Waals surface area (Å²) in [6.07, 6.45) is 1.15. The standard InChI is InChI=1S/C7H10ClNO2S/c8-3-1-4-9-6(10)2-5-12-7(9)11/h1-5H2. The molecule has 0 unspecified atom stereocenters. The van der Waals surface area contributed by atoms with Crippen molar-refractivity contribution in [1.82, 2.24) is 4.90 Å². The number of carbonyl (C=O) groups is 2. The summed E-state index contributed by atoms with van der Waals surface area (Å²) in [5.41, 5.74) is 0. The Morgan fingerprint density at radius 3 is 2.83 bits per heavy atom. The summed E-state index contributed by atoms with van der Waals surface area (Å²) in [4.78, 5) is 23.6. The van der Waals surface area contributed by atoms with Crippen LogP contribution in [0, 0.1) is 0 Å². The Morgan fingerprint density at radius 1 is 1.50 bits per heavy atom. The molecule has 1 aliphatic heterocycles. The number of thioether (sulfide) groups is 1. The van der Waals surface area contributed by atoms with E-state index in [2.05, 4.69) is 0 Å². The van der Waals surface area contributed by atoms with Crippen LogP contribution >= 0.6 is 23.4 Å². The zero-order chi connectivity index (χ0) is 8.97. The molecule has 0 aliphatic carbocycles. The van der Waals surface area contributed by atoms with Crippen LogP contribution in [-0.4, -0.2) is 34.2 Å². The minimum atomic E-state index is -0.128. The summed E-state index contributed by atoms with van der Waals surface area (Å²) in [6, 6.07) is 0. The number of hydrogen-bond donors (Lipinski definition) is 0. The molecule has 0 aromatic rings. The Balaban J connectivity index is 2.45. The van der Waals surface area contributed by atoms with Crippen molar-refractivity contribution in [2.75, 3.05) is 18.2 Å². The van der Waals surface area contributed by atoms with Crippen molar-refractivity contribution in [3.63, 3.8) is 0 Å². The number of alkyl halides is 1. The van der Waals surface area contributed by atoms with E-state index in [0.29, 0.717) is 31.0 Å². The summed E-state index contributed by atoms with van der Waals surface area (Å²) < 4.78 is 0. The molecule has 1 rings (SSSR count). The minimum absolute atomic E-state index is 0.0659. The minimum Gasteiger partial charge on any atom is -0.274 e. The van der Waals surface area contributed by atoms with Crippen LogP contribution in [0.4, 0.5) is 4.79 Å². The highest BCUT2D eigenvalue weighted by molar-refractivity contribution is 8.13. The van der Waals surface area contributed by atoms with Gasteiger partial charge in [-0.05, 0) is 6.42 Å². The van der Waals surface area contributed by atoms with E-state index < -0.39 is 0 Å². The molecule has 0 bridgehead atoms. The van der Waals surface area contributed by atoms with Gasteiger partial charge in [-0.2, -0.15) is 0 Å². The molecule has 1 aliphatic rings. The molecule has 0 saturated carbocycles. The highest BCUT2D eigenvalue weighted by Crippen LogP contribution is 2.18. The Morgan fingerprint density at radius 2 is 2.25 bits per heavy atom. The first-order chi connectivity index (χ1) is 5.75. The molecule has 0 atom stereocenters. The quantitative estimate of drug-likeness (QED) is 0.662. The largest absolute Gasteiger partial charge is 0.288 e. The van der Waals surface area contributed by atoms with Crippen LogP contribution in [0.1, 0.15) is 12.8 Å². The molecule has 1 saturated heterocycles. The van der Waals surface area contributed by atoms with Gasteiger partial charge in [0.1, 0.15) is 0 Å². The summed E-state index contributed by atoms with van der Waals surface area (Å²) in [7, 11) is 0. The third-order valence-corrected chi connectivity index (χ3v) is 2.72. The van der Waals surface area contributed by atoms with Crippen molar-refractivity contribution in [3.05, 3.63) is 0 Å². The first-order valence-electron chi connectivity index (χ1n) is 3.79. The van der Waals surface area contributed by atoms with Gasteiger partial charge >= 0.3 is 0 Å². The molecule has 0 radical (unpaired) electrons. The lowest BCUT2D eigenvalue weighted by Gasteiger charge is -2.23. The fraction of sp³-hybridized carbons (Fsp3) is 0.714. The van der Waals surface area contributed by atoms with Crippen molar-refractivity contribution in [2.45, 2.75) is 12.8 Å². The van der Waals surface area contributed by atoms with Crippen LogP contribution in [0.2, 0.25) is 0 Å². The average molecular weight is 208 g/mol. The molecular formula is C7H10ClNO2S. The van der Waals surface area contributed by atoms with Gasteiger partial charge in [0.15, 0.2) is 0 Å². The number of amides is 2. The van der Waals surface area contributed by atoms with Crippen LogP contribution in [0.3, 0.4) is 0 Å². The predicted octanol–water partition coefficient (Wildman–Crippen LogP) is 1.70. The van der Waals surface area contributed by atoms with Gasteiger partial charge in [-0.3, -0.25) is 14.5 Å². The van der Waals surface area contributed by atoms with E-state index in [1.165, 1.54) is 16.7 Å². The maximum Gasteiger partial charge on any atom is 0.288 e. The Kier molecular flexibility index (Phi) is 3.88. The molecule has 0 N–H and O–H groups in total. The maximum absolute atomic E-state index is 11.2. The summed E-state index contributed by atoms with van der Waals surface area (Å²) in [5, 5.41) is -0.128. The lowest BCUT2D eigenvalue weighted by molar-refractivity contribution is -0.127. The molecule has 5 heteroatoms. The van der Waals surface area contributed by atoms with E-state index in [9.17, 15) is 9.59 Å². The fourth-order valence-electron chi connectivity index (χ4n) is 0.974. The Bertz CT molecular complexity index is 182. The molecule has 2 amide bonds. The Labute approximate surface area is 80.4 Å². The second kappa shape index (κ2) is 4.72. The number of imide groups is 1. The molecule has 3 nitrogen and oxygen atoms in total. The van der Waals surface area contributed by atoms with Gasteiger partial charge in [-0.25, -0.2) is 0 Å². The number of halogens is 1. The average Bonchev–Trinajstić information content (AvgIpc) is 2.04. The fourth-order valence-corrected chi connectivity index (χ4v) is 1.89. The first kappa shape index (κ1) is 9.86. The van der Waals surface area contributed by atoms with Gasteiger partial charge in [0.05, 0.1) is 0 Å². The molecule has 1 heterocycles. The van der Waals surface area contributed by atoms with E-state index in [1.54, 1.807) is 0 Å². The molecule has 0 aromatic heterocycles. The van der Waals surface area contributed by atoms with Gasteiger partial charge in [-0.1, -0.05) is 11.8 Å². The second-order valence-corrected chi connectivity index (χ2v) is 3.88. The maximum atomic E-state index is 11.2. The van der Waals surface area contributed by atoms with Crippen molar-refractivity contribution in [2.24, 2.45) is 0 Å². The zero-order valence-corrected chi connectivity index (χ0v) is 8.16. The number of hydrogen-bond acceptors (Lipinski definition) is 3. The van der Waals surface area contributed by atoms with Crippen LogP contribution in [0.5, 0.6) is 0 Å². The van der Waals surface area contributed by atoms with Crippen LogP contribution in [0.25, 0.3) is 0 Å². The molecule has 0 spiro atoms. The second-order valence-electron chi connectivity index (χ2n) is 2.45. The van der Waals surface area contributed by atoms with Gasteiger partial charge in [0, 0.05) is 24.6 Å². The van der Waals surface area contributed by atoms with Gasteiger partial charge < -0.3 is 0 Å². The molecule has 68 valence electrons. The van der Waals surface area contributed by atoms with Crippen molar-refractivity contribution in [1.29, 1.82) is 0 Å². The Hall–Kier alpha value is -0.220. The SMILES string of the molecule is O=C1CCSC(=O)N1CCCCl. The molecule has 1 fully saturated rings. The topological polar surface area (TPSA) is 37.4 Å². The molecule has 0 aromatic carbocycles. The monoisotopic (exact) mass is 207 g/mol. The van der Waals surface area contributed by atoms with Gasteiger partial charge in [0.25, 0.3) is 5.24 Å². The van der Waals surface area contributed by atoms with Gasteiger partial charge in [-0.15, -0.1) is 11.6 Å². The van der Waals surface area contributed by atoms with E-state index in [0.717, 1.165) is 0 Å². The van der Waals surface area contributed by atoms with Crippen molar-refractivity contribution < 1.29 is 9.59 Å². The summed E-state index contributed by atoms with van der Waals surface area (Å²) in [5.74, 6) is 1.04. The van der Waals surface area contributed by atoms with Crippen LogP contribution < -0.4 is 0 Å². The lowest BCUT2D eigenvalue weighted by Crippen LogP contribution is -2.38. The lowest BCUT2D eigenvalue weighted by atomic mass is 10.3. The number of nitrogens with zero attached hydrogens (tertiary/aromatic N) is 1. The van der Waals surface area contributed by atoms with E-state index in [-0.39, 0.29) is 11.1 Å².